The lowest BCUT2D eigenvalue weighted by atomic mass is 9.76. The first-order chi connectivity index (χ1) is 11.4. The summed E-state index contributed by atoms with van der Waals surface area (Å²) in [5.74, 6) is 0. The molecule has 0 aliphatic rings. The molecule has 0 aromatic heterocycles. The Hall–Kier alpha value is 0.160. The van der Waals surface area contributed by atoms with Crippen LogP contribution in [0.25, 0.3) is 0 Å². The number of hydrogen-bond donors (Lipinski definition) is 1. The van der Waals surface area contributed by atoms with Crippen molar-refractivity contribution in [3.8, 4) is 0 Å². The van der Waals surface area contributed by atoms with Gasteiger partial charge in [-0.1, -0.05) is 59.3 Å². The average molecular weight is 415 g/mol. The second-order valence-corrected chi connectivity index (χ2v) is 8.16. The Kier molecular flexibility index (Phi) is 14.6. The van der Waals surface area contributed by atoms with Gasteiger partial charge in [0.25, 0.3) is 0 Å². The van der Waals surface area contributed by atoms with E-state index >= 15 is 0 Å². The molecule has 1 N–H and O–H groups in total. The minimum absolute atomic E-state index is 0.659. The quantitative estimate of drug-likeness (QED) is 0.278. The van der Waals surface area contributed by atoms with Crippen molar-refractivity contribution in [1.29, 1.82) is 4.78 Å². The fourth-order valence-electron chi connectivity index (χ4n) is 2.47. The Morgan fingerprint density at radius 2 is 1.00 bits per heavy atom. The third kappa shape index (κ3) is 13.0. The second-order valence-electron chi connectivity index (χ2n) is 6.21. The van der Waals surface area contributed by atoms with Gasteiger partial charge in [-0.15, -0.1) is 9.24 Å². The topological polar surface area (TPSA) is 23.9 Å². The Bertz CT molecular complexity index is 320. The normalized spacial score (nSPS) is 12.9. The summed E-state index contributed by atoms with van der Waals surface area (Å²) in [5.41, 5.74) is -10.3. The first-order valence-corrected chi connectivity index (χ1v) is 10.7. The van der Waals surface area contributed by atoms with Crippen molar-refractivity contribution < 1.29 is 26.3 Å². The van der Waals surface area contributed by atoms with Crippen LogP contribution in [0, 0.1) is 10.2 Å². The van der Waals surface area contributed by atoms with Gasteiger partial charge in [-0.25, -0.2) is 0 Å². The van der Waals surface area contributed by atoms with Gasteiger partial charge in [0, 0.05) is 0 Å². The monoisotopic (exact) mass is 415 g/mol. The molecule has 0 saturated heterocycles. The molecular formula is C16H32F6NPS. The summed E-state index contributed by atoms with van der Waals surface area (Å²) in [5, 5.41) is 0. The number of alkyl halides is 6. The van der Waals surface area contributed by atoms with E-state index in [2.05, 4.69) is 30.0 Å². The van der Waals surface area contributed by atoms with Crippen LogP contribution in [0.2, 0.25) is 0 Å². The minimum atomic E-state index is -5.49. The van der Waals surface area contributed by atoms with Crippen molar-refractivity contribution in [3.05, 3.63) is 0 Å². The molecule has 0 amide bonds. The van der Waals surface area contributed by atoms with E-state index in [4.69, 9.17) is 4.78 Å². The van der Waals surface area contributed by atoms with Crippen molar-refractivity contribution in [1.82, 2.24) is 0 Å². The zero-order valence-electron chi connectivity index (χ0n) is 15.3. The molecule has 0 aliphatic carbocycles. The molecule has 0 aromatic carbocycles. The molecule has 0 spiro atoms. The molecule has 1 nitrogen and oxygen atoms in total. The highest BCUT2D eigenvalue weighted by Gasteiger charge is 2.50. The lowest BCUT2D eigenvalue weighted by Crippen LogP contribution is -2.28. The Balaban J connectivity index is 0. The maximum atomic E-state index is 11.0. The van der Waals surface area contributed by atoms with Crippen LogP contribution in [0.3, 0.4) is 0 Å². The summed E-state index contributed by atoms with van der Waals surface area (Å²) >= 11 is 0. The van der Waals surface area contributed by atoms with Crippen LogP contribution in [-0.2, 0) is 10.7 Å². The molecule has 1 unspecified atom stereocenters. The fraction of sp³-hybridized carbons (Fsp3) is 1.00. The Labute approximate surface area is 152 Å². The molecule has 0 bridgehead atoms. The van der Waals surface area contributed by atoms with Crippen molar-refractivity contribution in [3.63, 3.8) is 0 Å². The lowest BCUT2D eigenvalue weighted by molar-refractivity contribution is -0.0754. The Morgan fingerprint density at radius 1 is 0.720 bits per heavy atom. The minimum Gasteiger partial charge on any atom is -0.265 e. The smallest absolute Gasteiger partial charge is 0.265 e. The maximum absolute atomic E-state index is 11.0. The predicted octanol–water partition coefficient (Wildman–Crippen LogP) is 7.83. The van der Waals surface area contributed by atoms with Crippen LogP contribution in [0.1, 0.15) is 78.6 Å². The van der Waals surface area contributed by atoms with E-state index < -0.39 is 21.7 Å². The number of rotatable bonds is 10. The summed E-state index contributed by atoms with van der Waals surface area (Å²) in [6, 6.07) is 0. The SMILES string of the molecule is CCCCC(CP)(CCCC)CCCC.N=S(C(F)(F)F)C(F)(F)F. The number of nitrogens with one attached hydrogen (secondary N) is 1. The molecular weight excluding hydrogens is 383 g/mol. The first kappa shape index (κ1) is 27.4. The highest BCUT2D eigenvalue weighted by molar-refractivity contribution is 7.87. The molecule has 154 valence electrons. The Morgan fingerprint density at radius 3 is 1.12 bits per heavy atom. The molecule has 1 atom stereocenters. The average Bonchev–Trinajstić information content (AvgIpc) is 2.53. The summed E-state index contributed by atoms with van der Waals surface area (Å²) in [6.07, 6.45) is 14.0. The highest BCUT2D eigenvalue weighted by atomic mass is 32.2. The summed E-state index contributed by atoms with van der Waals surface area (Å²) in [6.45, 7) is 6.94. The van der Waals surface area contributed by atoms with E-state index in [1.54, 1.807) is 0 Å². The van der Waals surface area contributed by atoms with Gasteiger partial charge in [0.1, 0.15) is 10.7 Å². The zero-order valence-corrected chi connectivity index (χ0v) is 17.3. The molecule has 0 fully saturated rings. The van der Waals surface area contributed by atoms with Gasteiger partial charge in [0.15, 0.2) is 0 Å². The van der Waals surface area contributed by atoms with Crippen molar-refractivity contribution in [2.75, 3.05) is 6.16 Å². The van der Waals surface area contributed by atoms with Gasteiger partial charge in [-0.05, 0) is 30.8 Å². The standard InChI is InChI=1S/C14H31P.C2HF6NS/c1-4-7-10-14(13-15,11-8-5-2)12-9-6-3;3-1(4,5)10(9)2(6,7)8/h4-13,15H2,1-3H3;9H. The van der Waals surface area contributed by atoms with Crippen LogP contribution in [0.5, 0.6) is 0 Å². The van der Waals surface area contributed by atoms with E-state index in [1.807, 2.05) is 0 Å². The predicted molar refractivity (Wildman–Crippen MR) is 97.8 cm³/mol. The van der Waals surface area contributed by atoms with E-state index in [0.717, 1.165) is 0 Å². The first-order valence-electron chi connectivity index (χ1n) is 8.69. The van der Waals surface area contributed by atoms with E-state index in [0.29, 0.717) is 5.41 Å². The fourth-order valence-corrected chi connectivity index (χ4v) is 3.34. The summed E-state index contributed by atoms with van der Waals surface area (Å²) in [7, 11) is -1.25. The molecule has 0 radical (unpaired) electrons. The van der Waals surface area contributed by atoms with Gasteiger partial charge in [0.05, 0.1) is 0 Å². The number of halogens is 6. The second kappa shape index (κ2) is 13.3. The van der Waals surface area contributed by atoms with Gasteiger partial charge in [0.2, 0.25) is 0 Å². The lowest BCUT2D eigenvalue weighted by Gasteiger charge is -2.33. The van der Waals surface area contributed by atoms with Crippen LogP contribution in [-0.4, -0.2) is 17.2 Å². The van der Waals surface area contributed by atoms with E-state index in [1.165, 1.54) is 63.9 Å². The third-order valence-corrected chi connectivity index (χ3v) is 5.87. The van der Waals surface area contributed by atoms with Gasteiger partial charge in [-0.3, -0.25) is 4.78 Å². The third-order valence-electron chi connectivity index (χ3n) is 4.08. The maximum Gasteiger partial charge on any atom is 0.460 e. The molecule has 25 heavy (non-hydrogen) atoms. The van der Waals surface area contributed by atoms with Crippen LogP contribution < -0.4 is 0 Å². The van der Waals surface area contributed by atoms with E-state index in [-0.39, 0.29) is 0 Å². The van der Waals surface area contributed by atoms with Crippen LogP contribution in [0.4, 0.5) is 26.3 Å². The number of hydrogen-bond acceptors (Lipinski definition) is 1. The molecule has 9 heteroatoms. The van der Waals surface area contributed by atoms with Crippen molar-refractivity contribution in [2.45, 2.75) is 89.6 Å². The molecule has 0 aliphatic heterocycles. The molecule has 0 rings (SSSR count). The molecule has 0 aromatic rings. The number of unbranched alkanes of at least 4 members (excludes halogenated alkanes) is 3. The molecule has 0 saturated carbocycles. The van der Waals surface area contributed by atoms with Crippen LogP contribution >= 0.6 is 9.24 Å². The summed E-state index contributed by atoms with van der Waals surface area (Å²) < 4.78 is 72.0. The van der Waals surface area contributed by atoms with Crippen molar-refractivity contribution in [2.24, 2.45) is 5.41 Å². The summed E-state index contributed by atoms with van der Waals surface area (Å²) in [4.78, 5) is 0. The van der Waals surface area contributed by atoms with Gasteiger partial charge >= 0.3 is 11.0 Å². The van der Waals surface area contributed by atoms with E-state index in [9.17, 15) is 26.3 Å². The largest absolute Gasteiger partial charge is 0.460 e. The van der Waals surface area contributed by atoms with Gasteiger partial charge < -0.3 is 0 Å². The van der Waals surface area contributed by atoms with Gasteiger partial charge in [-0.2, -0.15) is 26.3 Å². The van der Waals surface area contributed by atoms with Crippen molar-refractivity contribution >= 4 is 19.9 Å². The highest BCUT2D eigenvalue weighted by Crippen LogP contribution is 2.38. The van der Waals surface area contributed by atoms with Crippen LogP contribution in [0.15, 0.2) is 0 Å². The zero-order chi connectivity index (χ0) is 20.1. The molecule has 0 heterocycles.